The fraction of sp³-hybridized carbons (Fsp3) is 0.561. The zero-order chi connectivity index (χ0) is 35.7. The highest BCUT2D eigenvalue weighted by molar-refractivity contribution is 14.1. The summed E-state index contributed by atoms with van der Waals surface area (Å²) >= 11 is 2.40. The van der Waals surface area contributed by atoms with E-state index < -0.39 is 11.7 Å². The van der Waals surface area contributed by atoms with Gasteiger partial charge in [0.05, 0.1) is 26.8 Å². The number of alkyl halides is 3. The summed E-state index contributed by atoms with van der Waals surface area (Å²) in [6, 6.07) is 14.5. The Morgan fingerprint density at radius 1 is 0.571 bits per heavy atom. The number of hydrogen-bond donors (Lipinski definition) is 0. The molecule has 8 heteroatoms. The standard InChI is InChI=1S/C21H26F3NO.C20H26INO/c1-13-5-10-16-17(25-13)11-12-18(19(16)21(22,23)24)26-15-8-6-14(7-9-15)20(2,3)4;1-13-5-10-16-17(22-13)11-12-18(19(16)21)23-15-8-6-14(7-9-15)20(2,3)4/h5,10-12,14-15H,6-9H2,1-4H3;5,10-12,14-15H,6-9H2,1-4H3. The molecule has 0 saturated heterocycles. The summed E-state index contributed by atoms with van der Waals surface area (Å²) in [5, 5.41) is 1.29. The molecule has 2 fully saturated rings. The molecular weight excluding hydrogens is 736 g/mol. The zero-order valence-corrected chi connectivity index (χ0v) is 32.5. The van der Waals surface area contributed by atoms with Crippen LogP contribution in [0.15, 0.2) is 48.5 Å². The van der Waals surface area contributed by atoms with Crippen molar-refractivity contribution in [3.05, 3.63) is 69.1 Å². The first-order valence-electron chi connectivity index (χ1n) is 17.8. The van der Waals surface area contributed by atoms with Gasteiger partial charge in [-0.2, -0.15) is 13.2 Å². The van der Waals surface area contributed by atoms with Crippen molar-refractivity contribution in [3.63, 3.8) is 0 Å². The number of fused-ring (bicyclic) bond motifs is 2. The van der Waals surface area contributed by atoms with Gasteiger partial charge in [0.15, 0.2) is 0 Å². The molecule has 2 aliphatic carbocycles. The van der Waals surface area contributed by atoms with Crippen molar-refractivity contribution in [1.29, 1.82) is 0 Å². The first-order chi connectivity index (χ1) is 22.9. The summed E-state index contributed by atoms with van der Waals surface area (Å²) in [6.45, 7) is 17.5. The van der Waals surface area contributed by atoms with Crippen molar-refractivity contribution in [2.45, 2.75) is 125 Å². The number of aryl methyl sites for hydroxylation is 2. The van der Waals surface area contributed by atoms with Crippen LogP contribution in [0.2, 0.25) is 0 Å². The summed E-state index contributed by atoms with van der Waals surface area (Å²) in [5.41, 5.74) is 3.10. The van der Waals surface area contributed by atoms with Gasteiger partial charge in [-0.05, 0) is 153 Å². The van der Waals surface area contributed by atoms with Crippen molar-refractivity contribution in [1.82, 2.24) is 9.97 Å². The maximum absolute atomic E-state index is 13.7. The highest BCUT2D eigenvalue weighted by Gasteiger charge is 2.38. The third-order valence-corrected chi connectivity index (χ3v) is 11.7. The van der Waals surface area contributed by atoms with Gasteiger partial charge in [0.25, 0.3) is 0 Å². The van der Waals surface area contributed by atoms with E-state index in [0.717, 1.165) is 48.6 Å². The van der Waals surface area contributed by atoms with E-state index in [9.17, 15) is 13.2 Å². The maximum atomic E-state index is 13.7. The first-order valence-corrected chi connectivity index (χ1v) is 18.8. The number of benzene rings is 2. The second kappa shape index (κ2) is 14.9. The Hall–Kier alpha value is -2.62. The van der Waals surface area contributed by atoms with Crippen LogP contribution in [-0.4, -0.2) is 22.2 Å². The van der Waals surface area contributed by atoms with Crippen molar-refractivity contribution in [2.24, 2.45) is 22.7 Å². The van der Waals surface area contributed by atoms with E-state index in [1.165, 1.54) is 46.8 Å². The van der Waals surface area contributed by atoms with Crippen LogP contribution >= 0.6 is 22.6 Å². The monoisotopic (exact) mass is 788 g/mol. The average Bonchev–Trinajstić information content (AvgIpc) is 3.02. The predicted octanol–water partition coefficient (Wildman–Crippen LogP) is 12.7. The summed E-state index contributed by atoms with van der Waals surface area (Å²) in [6.07, 6.45) is 4.18. The molecule has 0 amide bonds. The molecular formula is C41H52F3IN2O2. The highest BCUT2D eigenvalue weighted by Crippen LogP contribution is 2.44. The Bertz CT molecular complexity index is 1740. The summed E-state index contributed by atoms with van der Waals surface area (Å²) in [4.78, 5) is 8.82. The van der Waals surface area contributed by atoms with Gasteiger partial charge in [-0.25, -0.2) is 0 Å². The number of hydrogen-bond acceptors (Lipinski definition) is 4. The van der Waals surface area contributed by atoms with Gasteiger partial charge in [0.1, 0.15) is 17.1 Å². The molecule has 0 atom stereocenters. The predicted molar refractivity (Wildman–Crippen MR) is 202 cm³/mol. The Morgan fingerprint density at radius 2 is 0.980 bits per heavy atom. The molecule has 4 nitrogen and oxygen atoms in total. The fourth-order valence-electron chi connectivity index (χ4n) is 7.47. The van der Waals surface area contributed by atoms with Crippen molar-refractivity contribution in [2.75, 3.05) is 0 Å². The smallest absolute Gasteiger partial charge is 0.420 e. The lowest BCUT2D eigenvalue weighted by Gasteiger charge is -2.37. The molecule has 0 N–H and O–H groups in total. The molecule has 6 rings (SSSR count). The number of ether oxygens (including phenoxy) is 2. The second-order valence-corrected chi connectivity index (χ2v) is 17.3. The normalized spacial score (nSPS) is 22.0. The van der Waals surface area contributed by atoms with Crippen molar-refractivity contribution < 1.29 is 22.6 Å². The average molecular weight is 789 g/mol. The molecule has 0 radical (unpaired) electrons. The minimum Gasteiger partial charge on any atom is -0.490 e. The van der Waals surface area contributed by atoms with Crippen molar-refractivity contribution >= 4 is 44.4 Å². The van der Waals surface area contributed by atoms with E-state index in [1.807, 2.05) is 6.92 Å². The van der Waals surface area contributed by atoms with Crippen LogP contribution in [0.5, 0.6) is 11.5 Å². The van der Waals surface area contributed by atoms with Gasteiger partial charge in [-0.15, -0.1) is 0 Å². The number of pyridine rings is 2. The zero-order valence-electron chi connectivity index (χ0n) is 30.3. The Labute approximate surface area is 304 Å². The van der Waals surface area contributed by atoms with Gasteiger partial charge in [-0.1, -0.05) is 47.6 Å². The van der Waals surface area contributed by atoms with Crippen LogP contribution in [0.25, 0.3) is 21.8 Å². The first kappa shape index (κ1) is 37.6. The van der Waals surface area contributed by atoms with E-state index in [0.29, 0.717) is 28.6 Å². The van der Waals surface area contributed by atoms with Crippen LogP contribution in [0.4, 0.5) is 13.2 Å². The molecule has 2 aromatic carbocycles. The van der Waals surface area contributed by atoms with Gasteiger partial charge >= 0.3 is 6.18 Å². The molecule has 49 heavy (non-hydrogen) atoms. The van der Waals surface area contributed by atoms with Crippen molar-refractivity contribution in [3.8, 4) is 11.5 Å². The maximum Gasteiger partial charge on any atom is 0.420 e. The summed E-state index contributed by atoms with van der Waals surface area (Å²) in [5.74, 6) is 2.36. The third kappa shape index (κ3) is 9.39. The fourth-order valence-corrected chi connectivity index (χ4v) is 8.23. The van der Waals surface area contributed by atoms with Crippen LogP contribution < -0.4 is 9.47 Å². The number of rotatable bonds is 4. The van der Waals surface area contributed by atoms with E-state index in [1.54, 1.807) is 19.1 Å². The lowest BCUT2D eigenvalue weighted by atomic mass is 9.72. The van der Waals surface area contributed by atoms with Crippen LogP contribution in [0, 0.1) is 40.1 Å². The van der Waals surface area contributed by atoms with Crippen LogP contribution in [0.3, 0.4) is 0 Å². The van der Waals surface area contributed by atoms with E-state index in [4.69, 9.17) is 9.47 Å². The van der Waals surface area contributed by atoms with Gasteiger partial charge in [-0.3, -0.25) is 9.97 Å². The largest absolute Gasteiger partial charge is 0.490 e. The Kier molecular flexibility index (Phi) is 11.5. The lowest BCUT2D eigenvalue weighted by Crippen LogP contribution is -2.31. The minimum absolute atomic E-state index is 0.0742. The molecule has 4 aromatic rings. The van der Waals surface area contributed by atoms with Gasteiger partial charge in [0, 0.05) is 22.2 Å². The Morgan fingerprint density at radius 3 is 1.43 bits per heavy atom. The molecule has 0 unspecified atom stereocenters. The number of halogens is 4. The lowest BCUT2D eigenvalue weighted by molar-refractivity contribution is -0.138. The second-order valence-electron chi connectivity index (χ2n) is 16.3. The number of nitrogens with zero attached hydrogens (tertiary/aromatic N) is 2. The number of aromatic nitrogens is 2. The summed E-state index contributed by atoms with van der Waals surface area (Å²) < 4.78 is 54.6. The van der Waals surface area contributed by atoms with E-state index in [-0.39, 0.29) is 22.7 Å². The van der Waals surface area contributed by atoms with E-state index >= 15 is 0 Å². The molecule has 266 valence electrons. The SMILES string of the molecule is Cc1ccc2c(C(F)(F)F)c(OC3CCC(C(C)(C)C)CC3)ccc2n1.Cc1ccc2c(I)c(OC3CCC(C(C)(C)C)CC3)ccc2n1. The van der Waals surface area contributed by atoms with Gasteiger partial charge < -0.3 is 9.47 Å². The van der Waals surface area contributed by atoms with Crippen LogP contribution in [-0.2, 0) is 6.18 Å². The molecule has 0 aliphatic heterocycles. The third-order valence-electron chi connectivity index (χ3n) is 10.6. The topological polar surface area (TPSA) is 44.2 Å². The quantitative estimate of drug-likeness (QED) is 0.193. The molecule has 0 bridgehead atoms. The molecule has 2 aromatic heterocycles. The van der Waals surface area contributed by atoms with E-state index in [2.05, 4.69) is 98.4 Å². The molecule has 2 aliphatic rings. The highest BCUT2D eigenvalue weighted by atomic mass is 127. The molecule has 0 spiro atoms. The molecule has 2 heterocycles. The minimum atomic E-state index is -4.48. The van der Waals surface area contributed by atoms with Gasteiger partial charge in [0.2, 0.25) is 0 Å². The summed E-state index contributed by atoms with van der Waals surface area (Å²) in [7, 11) is 0. The molecule has 2 saturated carbocycles. The Balaban J connectivity index is 0.000000192. The van der Waals surface area contributed by atoms with Crippen LogP contribution in [0.1, 0.15) is 110 Å².